The van der Waals surface area contributed by atoms with E-state index >= 15 is 0 Å². The standard InChI is InChI=1S/C13H24N4O3/c1-15-12(18)9-4-6-17(7-5-9)8-10-2-3-11(20-10)13(19)16-14/h9-11H,2-8,14H2,1H3,(H,15,18)(H,16,19). The Morgan fingerprint density at radius 2 is 1.90 bits per heavy atom. The molecule has 2 unspecified atom stereocenters. The maximum atomic E-state index is 11.6. The molecule has 2 rings (SSSR count). The number of rotatable bonds is 4. The van der Waals surface area contributed by atoms with Crippen LogP contribution in [-0.2, 0) is 14.3 Å². The summed E-state index contributed by atoms with van der Waals surface area (Å²) in [4.78, 5) is 25.3. The molecule has 0 aromatic rings. The van der Waals surface area contributed by atoms with Gasteiger partial charge < -0.3 is 15.0 Å². The minimum absolute atomic E-state index is 0.0915. The summed E-state index contributed by atoms with van der Waals surface area (Å²) < 4.78 is 5.70. The van der Waals surface area contributed by atoms with Gasteiger partial charge in [0.05, 0.1) is 6.10 Å². The van der Waals surface area contributed by atoms with Crippen LogP contribution < -0.4 is 16.6 Å². The van der Waals surface area contributed by atoms with Gasteiger partial charge in [-0.2, -0.15) is 0 Å². The number of carbonyl (C=O) groups is 2. The fourth-order valence-corrected chi connectivity index (χ4v) is 3.00. The molecule has 2 fully saturated rings. The monoisotopic (exact) mass is 284 g/mol. The molecule has 2 heterocycles. The summed E-state index contributed by atoms with van der Waals surface area (Å²) >= 11 is 0. The Morgan fingerprint density at radius 1 is 1.20 bits per heavy atom. The van der Waals surface area contributed by atoms with Gasteiger partial charge in [-0.3, -0.25) is 15.0 Å². The van der Waals surface area contributed by atoms with Crippen LogP contribution in [-0.4, -0.2) is 55.6 Å². The fraction of sp³-hybridized carbons (Fsp3) is 0.846. The van der Waals surface area contributed by atoms with Crippen LogP contribution in [0.3, 0.4) is 0 Å². The number of hydrogen-bond donors (Lipinski definition) is 3. The summed E-state index contributed by atoms with van der Waals surface area (Å²) in [5.41, 5.74) is 2.13. The van der Waals surface area contributed by atoms with Crippen molar-refractivity contribution in [3.63, 3.8) is 0 Å². The van der Waals surface area contributed by atoms with E-state index in [2.05, 4.69) is 15.6 Å². The van der Waals surface area contributed by atoms with Gasteiger partial charge in [-0.15, -0.1) is 0 Å². The molecule has 2 atom stereocenters. The number of ether oxygens (including phenoxy) is 1. The van der Waals surface area contributed by atoms with E-state index in [4.69, 9.17) is 10.6 Å². The number of hydrazine groups is 1. The smallest absolute Gasteiger partial charge is 0.263 e. The van der Waals surface area contributed by atoms with Crippen LogP contribution in [0.2, 0.25) is 0 Å². The molecule has 0 aromatic carbocycles. The van der Waals surface area contributed by atoms with Crippen LogP contribution in [0.1, 0.15) is 25.7 Å². The number of amides is 2. The maximum Gasteiger partial charge on any atom is 0.263 e. The third-order valence-corrected chi connectivity index (χ3v) is 4.21. The Balaban J connectivity index is 1.71. The number of nitrogens with zero attached hydrogens (tertiary/aromatic N) is 1. The van der Waals surface area contributed by atoms with Crippen LogP contribution in [0.25, 0.3) is 0 Å². The topological polar surface area (TPSA) is 96.7 Å². The first-order chi connectivity index (χ1) is 9.63. The molecule has 2 amide bonds. The predicted octanol–water partition coefficient (Wildman–Crippen LogP) is -1.02. The minimum atomic E-state index is -0.409. The molecule has 0 radical (unpaired) electrons. The fourth-order valence-electron chi connectivity index (χ4n) is 3.00. The molecule has 4 N–H and O–H groups in total. The van der Waals surface area contributed by atoms with Gasteiger partial charge in [-0.05, 0) is 38.8 Å². The van der Waals surface area contributed by atoms with Crippen LogP contribution in [0.5, 0.6) is 0 Å². The Hall–Kier alpha value is -1.18. The molecule has 0 aromatic heterocycles. The van der Waals surface area contributed by atoms with E-state index in [1.54, 1.807) is 7.05 Å². The van der Waals surface area contributed by atoms with Crippen molar-refractivity contribution in [2.45, 2.75) is 37.9 Å². The molecule has 20 heavy (non-hydrogen) atoms. The van der Waals surface area contributed by atoms with Crippen molar-refractivity contribution in [1.29, 1.82) is 0 Å². The lowest BCUT2D eigenvalue weighted by Crippen LogP contribution is -2.43. The molecule has 0 bridgehead atoms. The Morgan fingerprint density at radius 3 is 2.50 bits per heavy atom. The zero-order valence-corrected chi connectivity index (χ0v) is 11.9. The first-order valence-electron chi connectivity index (χ1n) is 7.24. The van der Waals surface area contributed by atoms with Gasteiger partial charge in [-0.1, -0.05) is 0 Å². The van der Waals surface area contributed by atoms with Gasteiger partial charge in [0.1, 0.15) is 6.10 Å². The lowest BCUT2D eigenvalue weighted by molar-refractivity contribution is -0.133. The summed E-state index contributed by atoms with van der Waals surface area (Å²) in [6.07, 6.45) is 3.07. The normalized spacial score (nSPS) is 28.3. The lowest BCUT2D eigenvalue weighted by atomic mass is 9.95. The molecule has 114 valence electrons. The van der Waals surface area contributed by atoms with E-state index in [9.17, 15) is 9.59 Å². The summed E-state index contributed by atoms with van der Waals surface area (Å²) in [5.74, 6) is 5.14. The first kappa shape index (κ1) is 15.2. The minimum Gasteiger partial charge on any atom is -0.364 e. The number of hydrogen-bond acceptors (Lipinski definition) is 5. The van der Waals surface area contributed by atoms with Gasteiger partial charge in [0.25, 0.3) is 5.91 Å². The molecule has 0 spiro atoms. The van der Waals surface area contributed by atoms with E-state index < -0.39 is 6.10 Å². The van der Waals surface area contributed by atoms with Crippen molar-refractivity contribution in [2.24, 2.45) is 11.8 Å². The van der Waals surface area contributed by atoms with Crippen molar-refractivity contribution < 1.29 is 14.3 Å². The van der Waals surface area contributed by atoms with E-state index in [1.807, 2.05) is 0 Å². The Bertz CT molecular complexity index is 356. The van der Waals surface area contributed by atoms with Crippen LogP contribution >= 0.6 is 0 Å². The molecule has 2 aliphatic rings. The van der Waals surface area contributed by atoms with Crippen molar-refractivity contribution in [3.05, 3.63) is 0 Å². The molecule has 2 aliphatic heterocycles. The highest BCUT2D eigenvalue weighted by Crippen LogP contribution is 2.23. The Labute approximate surface area is 119 Å². The summed E-state index contributed by atoms with van der Waals surface area (Å²) in [7, 11) is 1.68. The highest BCUT2D eigenvalue weighted by atomic mass is 16.5. The van der Waals surface area contributed by atoms with Gasteiger partial charge in [-0.25, -0.2) is 5.84 Å². The number of nitrogens with two attached hydrogens (primary N) is 1. The number of piperidine rings is 1. The third-order valence-electron chi connectivity index (χ3n) is 4.21. The van der Waals surface area contributed by atoms with Crippen LogP contribution in [0.15, 0.2) is 0 Å². The SMILES string of the molecule is CNC(=O)C1CCN(CC2CCC(C(=O)NN)O2)CC1. The molecular weight excluding hydrogens is 260 g/mol. The average Bonchev–Trinajstić information content (AvgIpc) is 2.95. The molecule has 0 aliphatic carbocycles. The molecule has 7 nitrogen and oxygen atoms in total. The van der Waals surface area contributed by atoms with Crippen molar-refractivity contribution in [1.82, 2.24) is 15.6 Å². The zero-order chi connectivity index (χ0) is 14.5. The van der Waals surface area contributed by atoms with Gasteiger partial charge >= 0.3 is 0 Å². The van der Waals surface area contributed by atoms with Crippen molar-refractivity contribution in [3.8, 4) is 0 Å². The van der Waals surface area contributed by atoms with Gasteiger partial charge in [0.15, 0.2) is 0 Å². The maximum absolute atomic E-state index is 11.6. The Kier molecular flexibility index (Phi) is 5.33. The van der Waals surface area contributed by atoms with E-state index in [-0.39, 0.29) is 23.8 Å². The first-order valence-corrected chi connectivity index (χ1v) is 7.24. The second-order valence-corrected chi connectivity index (χ2v) is 5.52. The van der Waals surface area contributed by atoms with Crippen molar-refractivity contribution >= 4 is 11.8 Å². The number of likely N-dealkylation sites (tertiary alicyclic amines) is 1. The van der Waals surface area contributed by atoms with E-state index in [1.165, 1.54) is 0 Å². The van der Waals surface area contributed by atoms with Gasteiger partial charge in [0, 0.05) is 19.5 Å². The number of carbonyl (C=O) groups excluding carboxylic acids is 2. The second-order valence-electron chi connectivity index (χ2n) is 5.52. The molecule has 0 saturated carbocycles. The van der Waals surface area contributed by atoms with Crippen LogP contribution in [0.4, 0.5) is 0 Å². The lowest BCUT2D eigenvalue weighted by Gasteiger charge is -2.32. The molecular formula is C13H24N4O3. The second kappa shape index (κ2) is 7.01. The highest BCUT2D eigenvalue weighted by Gasteiger charge is 2.32. The summed E-state index contributed by atoms with van der Waals surface area (Å²) in [6, 6.07) is 0. The van der Waals surface area contributed by atoms with E-state index in [0.717, 1.165) is 45.3 Å². The summed E-state index contributed by atoms with van der Waals surface area (Å²) in [6.45, 7) is 2.65. The highest BCUT2D eigenvalue weighted by molar-refractivity contribution is 5.80. The largest absolute Gasteiger partial charge is 0.364 e. The zero-order valence-electron chi connectivity index (χ0n) is 11.9. The van der Waals surface area contributed by atoms with Gasteiger partial charge in [0.2, 0.25) is 5.91 Å². The summed E-state index contributed by atoms with van der Waals surface area (Å²) in [5, 5.41) is 2.71. The quantitative estimate of drug-likeness (QED) is 0.349. The third kappa shape index (κ3) is 3.68. The van der Waals surface area contributed by atoms with Crippen LogP contribution in [0, 0.1) is 5.92 Å². The molecule has 2 saturated heterocycles. The van der Waals surface area contributed by atoms with Crippen molar-refractivity contribution in [2.75, 3.05) is 26.7 Å². The molecule has 7 heteroatoms. The van der Waals surface area contributed by atoms with E-state index in [0.29, 0.717) is 0 Å². The number of nitrogens with one attached hydrogen (secondary N) is 2. The average molecular weight is 284 g/mol. The predicted molar refractivity (Wildman–Crippen MR) is 73.5 cm³/mol.